The van der Waals surface area contributed by atoms with Crippen molar-refractivity contribution in [3.63, 3.8) is 0 Å². The van der Waals surface area contributed by atoms with Crippen molar-refractivity contribution in [2.24, 2.45) is 0 Å². The third-order valence-corrected chi connectivity index (χ3v) is 5.50. The lowest BCUT2D eigenvalue weighted by Gasteiger charge is -2.18. The second kappa shape index (κ2) is 9.13. The summed E-state index contributed by atoms with van der Waals surface area (Å²) in [6.07, 6.45) is 0. The second-order valence-corrected chi connectivity index (χ2v) is 8.31. The molecule has 0 fully saturated rings. The number of aryl methyl sites for hydroxylation is 1. The van der Waals surface area contributed by atoms with Crippen LogP contribution in [0.15, 0.2) is 52.1 Å². The van der Waals surface area contributed by atoms with Crippen LogP contribution in [0.5, 0.6) is 5.75 Å². The Morgan fingerprint density at radius 1 is 1.10 bits per heavy atom. The molecule has 6 nitrogen and oxygen atoms in total. The third kappa shape index (κ3) is 4.79. The van der Waals surface area contributed by atoms with Crippen LogP contribution in [-0.2, 0) is 4.79 Å². The number of amides is 1. The SMILES string of the molecule is COc1ccccc1-c1nnc(SC(C)C(=O)Nc2c(C)cccc2C(C)C)o1. The van der Waals surface area contributed by atoms with Gasteiger partial charge in [-0.2, -0.15) is 0 Å². The summed E-state index contributed by atoms with van der Waals surface area (Å²) < 4.78 is 11.1. The molecule has 0 saturated heterocycles. The maximum Gasteiger partial charge on any atom is 0.277 e. The number of methoxy groups -OCH3 is 1. The highest BCUT2D eigenvalue weighted by Crippen LogP contribution is 2.32. The van der Waals surface area contributed by atoms with Crippen LogP contribution >= 0.6 is 11.8 Å². The molecule has 3 aromatic rings. The third-order valence-electron chi connectivity index (χ3n) is 4.57. The molecule has 0 bridgehead atoms. The molecule has 1 aromatic heterocycles. The zero-order valence-corrected chi connectivity index (χ0v) is 18.0. The molecule has 1 amide bonds. The number of nitrogens with zero attached hydrogens (tertiary/aromatic N) is 2. The normalized spacial score (nSPS) is 12.1. The van der Waals surface area contributed by atoms with Gasteiger partial charge in [-0.15, -0.1) is 10.2 Å². The zero-order chi connectivity index (χ0) is 21.0. The fraction of sp³-hybridized carbons (Fsp3) is 0.318. The highest BCUT2D eigenvalue weighted by Gasteiger charge is 2.21. The fourth-order valence-corrected chi connectivity index (χ4v) is 3.64. The van der Waals surface area contributed by atoms with Crippen molar-refractivity contribution in [1.82, 2.24) is 10.2 Å². The Kier molecular flexibility index (Phi) is 6.59. The van der Waals surface area contributed by atoms with Gasteiger partial charge in [0, 0.05) is 5.69 Å². The molecule has 29 heavy (non-hydrogen) atoms. The molecule has 0 aliphatic rings. The number of benzene rings is 2. The number of hydrogen-bond acceptors (Lipinski definition) is 6. The lowest BCUT2D eigenvalue weighted by Crippen LogP contribution is -2.23. The molecule has 0 aliphatic heterocycles. The minimum atomic E-state index is -0.402. The number of nitrogens with one attached hydrogen (secondary N) is 1. The van der Waals surface area contributed by atoms with Gasteiger partial charge in [-0.05, 0) is 43.0 Å². The first-order chi connectivity index (χ1) is 13.9. The van der Waals surface area contributed by atoms with Gasteiger partial charge in [0.25, 0.3) is 11.1 Å². The second-order valence-electron chi connectivity index (χ2n) is 7.02. The number of ether oxygens (including phenoxy) is 1. The van der Waals surface area contributed by atoms with Crippen LogP contribution in [0.1, 0.15) is 37.8 Å². The van der Waals surface area contributed by atoms with Gasteiger partial charge in [-0.1, -0.05) is 55.9 Å². The van der Waals surface area contributed by atoms with Crippen LogP contribution < -0.4 is 10.1 Å². The van der Waals surface area contributed by atoms with E-state index in [4.69, 9.17) is 9.15 Å². The molecule has 0 saturated carbocycles. The zero-order valence-electron chi connectivity index (χ0n) is 17.2. The average molecular weight is 412 g/mol. The summed E-state index contributed by atoms with van der Waals surface area (Å²) in [7, 11) is 1.59. The van der Waals surface area contributed by atoms with Crippen molar-refractivity contribution in [1.29, 1.82) is 0 Å². The highest BCUT2D eigenvalue weighted by atomic mass is 32.2. The Labute approximate surface area is 175 Å². The summed E-state index contributed by atoms with van der Waals surface area (Å²) in [5, 5.41) is 11.2. The lowest BCUT2D eigenvalue weighted by molar-refractivity contribution is -0.115. The van der Waals surface area contributed by atoms with Crippen LogP contribution in [0.3, 0.4) is 0 Å². The maximum absolute atomic E-state index is 12.8. The summed E-state index contributed by atoms with van der Waals surface area (Å²) in [5.74, 6) is 1.22. The first kappa shape index (κ1) is 20.9. The molecule has 0 radical (unpaired) electrons. The molecule has 1 heterocycles. The Balaban J connectivity index is 1.72. The number of aromatic nitrogens is 2. The van der Waals surface area contributed by atoms with Crippen LogP contribution in [0.4, 0.5) is 5.69 Å². The van der Waals surface area contributed by atoms with Crippen molar-refractivity contribution >= 4 is 23.4 Å². The highest BCUT2D eigenvalue weighted by molar-refractivity contribution is 8.00. The monoisotopic (exact) mass is 411 g/mol. The summed E-state index contributed by atoms with van der Waals surface area (Å²) in [4.78, 5) is 12.8. The number of hydrogen-bond donors (Lipinski definition) is 1. The van der Waals surface area contributed by atoms with E-state index in [1.54, 1.807) is 7.11 Å². The molecule has 1 N–H and O–H groups in total. The summed E-state index contributed by atoms with van der Waals surface area (Å²) in [5.41, 5.74) is 3.75. The van der Waals surface area contributed by atoms with Crippen LogP contribution in [0.25, 0.3) is 11.5 Å². The number of rotatable bonds is 7. The largest absolute Gasteiger partial charge is 0.496 e. The van der Waals surface area contributed by atoms with Gasteiger partial charge >= 0.3 is 0 Å². The summed E-state index contributed by atoms with van der Waals surface area (Å²) >= 11 is 1.23. The number of carbonyl (C=O) groups excluding carboxylic acids is 1. The smallest absolute Gasteiger partial charge is 0.277 e. The van der Waals surface area contributed by atoms with Crippen molar-refractivity contribution in [2.75, 3.05) is 12.4 Å². The van der Waals surface area contributed by atoms with Crippen molar-refractivity contribution < 1.29 is 13.9 Å². The Bertz CT molecular complexity index is 1000. The number of thioether (sulfide) groups is 1. The van der Waals surface area contributed by atoms with Gasteiger partial charge < -0.3 is 14.5 Å². The number of anilines is 1. The van der Waals surface area contributed by atoms with E-state index < -0.39 is 5.25 Å². The predicted molar refractivity (Wildman–Crippen MR) is 116 cm³/mol. The van der Waals surface area contributed by atoms with E-state index in [1.807, 2.05) is 56.3 Å². The van der Waals surface area contributed by atoms with Crippen molar-refractivity contribution in [2.45, 2.75) is 44.1 Å². The molecular weight excluding hydrogens is 386 g/mol. The Morgan fingerprint density at radius 2 is 1.86 bits per heavy atom. The van der Waals surface area contributed by atoms with Gasteiger partial charge in [-0.3, -0.25) is 4.79 Å². The Hall–Kier alpha value is -2.80. The van der Waals surface area contributed by atoms with E-state index in [2.05, 4.69) is 29.4 Å². The van der Waals surface area contributed by atoms with E-state index in [1.165, 1.54) is 11.8 Å². The Morgan fingerprint density at radius 3 is 2.59 bits per heavy atom. The standard InChI is InChI=1S/C22H25N3O3S/c1-13(2)16-11-8-9-14(3)19(16)23-20(26)15(4)29-22-25-24-21(28-22)17-10-6-7-12-18(17)27-5/h6-13,15H,1-5H3,(H,23,26). The van der Waals surface area contributed by atoms with Crippen LogP contribution in [0, 0.1) is 6.92 Å². The summed E-state index contributed by atoms with van der Waals surface area (Å²) in [6.45, 7) is 8.04. The molecule has 2 aromatic carbocycles. The number of para-hydroxylation sites is 2. The quantitative estimate of drug-likeness (QED) is 0.532. The van der Waals surface area contributed by atoms with E-state index in [0.717, 1.165) is 16.8 Å². The average Bonchev–Trinajstić information content (AvgIpc) is 3.17. The first-order valence-electron chi connectivity index (χ1n) is 9.44. The van der Waals surface area contributed by atoms with Crippen LogP contribution in [0.2, 0.25) is 0 Å². The van der Waals surface area contributed by atoms with E-state index in [9.17, 15) is 4.79 Å². The van der Waals surface area contributed by atoms with E-state index >= 15 is 0 Å². The summed E-state index contributed by atoms with van der Waals surface area (Å²) in [6, 6.07) is 13.5. The first-order valence-corrected chi connectivity index (χ1v) is 10.3. The predicted octanol–water partition coefficient (Wildman–Crippen LogP) is 5.30. The lowest BCUT2D eigenvalue weighted by atomic mass is 9.98. The maximum atomic E-state index is 12.8. The van der Waals surface area contributed by atoms with Gasteiger partial charge in [0.05, 0.1) is 17.9 Å². The fourth-order valence-electron chi connectivity index (χ4n) is 2.96. The molecule has 7 heteroatoms. The molecule has 1 unspecified atom stereocenters. The van der Waals surface area contributed by atoms with Crippen molar-refractivity contribution in [3.05, 3.63) is 53.6 Å². The topological polar surface area (TPSA) is 77.2 Å². The van der Waals surface area contributed by atoms with E-state index in [0.29, 0.717) is 28.3 Å². The molecule has 1 atom stereocenters. The molecule has 0 spiro atoms. The molecule has 0 aliphatic carbocycles. The van der Waals surface area contributed by atoms with Crippen molar-refractivity contribution in [3.8, 4) is 17.2 Å². The minimum absolute atomic E-state index is 0.108. The molecule has 3 rings (SSSR count). The molecule has 152 valence electrons. The van der Waals surface area contributed by atoms with Gasteiger partial charge in [-0.25, -0.2) is 0 Å². The van der Waals surface area contributed by atoms with Crippen LogP contribution in [-0.4, -0.2) is 28.5 Å². The molecular formula is C22H25N3O3S. The number of carbonyl (C=O) groups is 1. The van der Waals surface area contributed by atoms with Gasteiger partial charge in [0.1, 0.15) is 5.75 Å². The van der Waals surface area contributed by atoms with Gasteiger partial charge in [0.15, 0.2) is 0 Å². The van der Waals surface area contributed by atoms with E-state index in [-0.39, 0.29) is 5.91 Å². The van der Waals surface area contributed by atoms with Gasteiger partial charge in [0.2, 0.25) is 5.91 Å². The minimum Gasteiger partial charge on any atom is -0.496 e.